The third-order valence-corrected chi connectivity index (χ3v) is 4.00. The Kier molecular flexibility index (Phi) is 4.41. The van der Waals surface area contributed by atoms with Crippen molar-refractivity contribution in [1.82, 2.24) is 4.98 Å². The molecular formula is C17H17N3O4. The second-order valence-corrected chi connectivity index (χ2v) is 5.51. The fourth-order valence-electron chi connectivity index (χ4n) is 2.76. The van der Waals surface area contributed by atoms with Gasteiger partial charge in [-0.05, 0) is 36.6 Å². The average molecular weight is 327 g/mol. The number of ether oxygens (including phenoxy) is 1. The Morgan fingerprint density at radius 2 is 2.17 bits per heavy atom. The highest BCUT2D eigenvalue weighted by Crippen LogP contribution is 2.26. The van der Waals surface area contributed by atoms with E-state index in [1.165, 1.54) is 6.20 Å². The van der Waals surface area contributed by atoms with Crippen LogP contribution in [0.25, 0.3) is 0 Å². The maximum Gasteiger partial charge on any atom is 0.339 e. The molecule has 0 fully saturated rings. The monoisotopic (exact) mass is 327 g/mol. The number of fused-ring (bicyclic) bond motifs is 1. The van der Waals surface area contributed by atoms with Gasteiger partial charge in [-0.1, -0.05) is 6.07 Å². The Balaban J connectivity index is 1.78. The second-order valence-electron chi connectivity index (χ2n) is 5.51. The summed E-state index contributed by atoms with van der Waals surface area (Å²) in [7, 11) is 0. The lowest BCUT2D eigenvalue weighted by atomic mass is 9.99. The number of hydrogen-bond acceptors (Lipinski definition) is 6. The molecule has 0 amide bonds. The third-order valence-electron chi connectivity index (χ3n) is 4.00. The molecule has 0 saturated heterocycles. The lowest BCUT2D eigenvalue weighted by Crippen LogP contribution is -2.31. The van der Waals surface area contributed by atoms with E-state index in [0.29, 0.717) is 18.7 Å². The molecular weight excluding hydrogens is 310 g/mol. The number of nitro groups is 1. The first-order valence-corrected chi connectivity index (χ1v) is 7.73. The van der Waals surface area contributed by atoms with Crippen molar-refractivity contribution in [3.05, 3.63) is 63.3 Å². The van der Waals surface area contributed by atoms with Crippen molar-refractivity contribution in [1.29, 1.82) is 0 Å². The van der Waals surface area contributed by atoms with Crippen molar-refractivity contribution < 1.29 is 14.5 Å². The summed E-state index contributed by atoms with van der Waals surface area (Å²) in [5.74, 6) is 0.344. The zero-order valence-electron chi connectivity index (χ0n) is 13.3. The average Bonchev–Trinajstić information content (AvgIpc) is 2.61. The Morgan fingerprint density at radius 1 is 1.33 bits per heavy atom. The van der Waals surface area contributed by atoms with Crippen molar-refractivity contribution in [2.75, 3.05) is 18.1 Å². The molecule has 0 spiro atoms. The van der Waals surface area contributed by atoms with Crippen LogP contribution in [0.2, 0.25) is 0 Å². The highest BCUT2D eigenvalue weighted by molar-refractivity contribution is 5.89. The molecule has 2 heterocycles. The zero-order valence-corrected chi connectivity index (χ0v) is 13.3. The molecule has 1 aliphatic rings. The SMILES string of the molecule is CCOC(=O)c1ccc(N2CCc3ccc([N+](=O)[O-])cc3C2)nc1. The lowest BCUT2D eigenvalue weighted by molar-refractivity contribution is -0.384. The maximum absolute atomic E-state index is 11.7. The predicted molar refractivity (Wildman–Crippen MR) is 88.0 cm³/mol. The molecule has 2 aromatic rings. The molecule has 0 N–H and O–H groups in total. The van der Waals surface area contributed by atoms with E-state index in [0.717, 1.165) is 29.9 Å². The van der Waals surface area contributed by atoms with Gasteiger partial charge in [0.05, 0.1) is 17.1 Å². The van der Waals surface area contributed by atoms with Crippen molar-refractivity contribution in [2.45, 2.75) is 19.9 Å². The van der Waals surface area contributed by atoms with E-state index in [-0.39, 0.29) is 10.6 Å². The van der Waals surface area contributed by atoms with Crippen molar-refractivity contribution >= 4 is 17.5 Å². The Labute approximate surface area is 139 Å². The summed E-state index contributed by atoms with van der Waals surface area (Å²) in [6.45, 7) is 3.41. The number of nitro benzene ring substituents is 1. The number of carbonyl (C=O) groups is 1. The molecule has 1 aliphatic heterocycles. The van der Waals surface area contributed by atoms with Crippen LogP contribution in [-0.4, -0.2) is 29.0 Å². The van der Waals surface area contributed by atoms with Crippen LogP contribution in [0.5, 0.6) is 0 Å². The molecule has 1 aromatic heterocycles. The normalized spacial score (nSPS) is 13.3. The van der Waals surface area contributed by atoms with Gasteiger partial charge in [0.15, 0.2) is 0 Å². The Bertz CT molecular complexity index is 774. The van der Waals surface area contributed by atoms with E-state index in [2.05, 4.69) is 4.98 Å². The summed E-state index contributed by atoms with van der Waals surface area (Å²) in [5.41, 5.74) is 2.57. The first kappa shape index (κ1) is 15.9. The number of carbonyl (C=O) groups excluding carboxylic acids is 1. The first-order chi connectivity index (χ1) is 11.6. The van der Waals surface area contributed by atoms with Gasteiger partial charge in [-0.3, -0.25) is 10.1 Å². The van der Waals surface area contributed by atoms with Gasteiger partial charge in [0.2, 0.25) is 0 Å². The first-order valence-electron chi connectivity index (χ1n) is 7.73. The molecule has 0 radical (unpaired) electrons. The number of aromatic nitrogens is 1. The summed E-state index contributed by atoms with van der Waals surface area (Å²) >= 11 is 0. The molecule has 3 rings (SSSR count). The van der Waals surface area contributed by atoms with E-state index < -0.39 is 5.97 Å². The number of pyridine rings is 1. The van der Waals surface area contributed by atoms with Crippen molar-refractivity contribution in [3.8, 4) is 0 Å². The predicted octanol–water partition coefficient (Wildman–Crippen LogP) is 2.73. The maximum atomic E-state index is 11.7. The number of benzene rings is 1. The number of nitrogens with zero attached hydrogens (tertiary/aromatic N) is 3. The summed E-state index contributed by atoms with van der Waals surface area (Å²) in [5, 5.41) is 10.9. The number of rotatable bonds is 4. The summed E-state index contributed by atoms with van der Waals surface area (Å²) in [6.07, 6.45) is 2.30. The Hall–Kier alpha value is -2.96. The van der Waals surface area contributed by atoms with Crippen LogP contribution in [-0.2, 0) is 17.7 Å². The fourth-order valence-corrected chi connectivity index (χ4v) is 2.76. The minimum Gasteiger partial charge on any atom is -0.462 e. The van der Waals surface area contributed by atoms with Crippen LogP contribution < -0.4 is 4.90 Å². The van der Waals surface area contributed by atoms with E-state index in [4.69, 9.17) is 4.74 Å². The number of esters is 1. The van der Waals surface area contributed by atoms with Crippen LogP contribution in [0.4, 0.5) is 11.5 Å². The van der Waals surface area contributed by atoms with E-state index in [1.54, 1.807) is 31.2 Å². The minimum absolute atomic E-state index is 0.0984. The van der Waals surface area contributed by atoms with Gasteiger partial charge in [-0.15, -0.1) is 0 Å². The zero-order chi connectivity index (χ0) is 17.1. The fraction of sp³-hybridized carbons (Fsp3) is 0.294. The molecule has 0 unspecified atom stereocenters. The topological polar surface area (TPSA) is 85.6 Å². The minimum atomic E-state index is -0.392. The van der Waals surface area contributed by atoms with Gasteiger partial charge >= 0.3 is 5.97 Å². The molecule has 0 bridgehead atoms. The standard InChI is InChI=1S/C17H17N3O4/c1-2-24-17(21)13-4-6-16(18-10-13)19-8-7-12-3-5-15(20(22)23)9-14(12)11-19/h3-6,9-10H,2,7-8,11H2,1H3. The van der Waals surface area contributed by atoms with Crippen molar-refractivity contribution in [2.24, 2.45) is 0 Å². The molecule has 0 atom stereocenters. The molecule has 0 aliphatic carbocycles. The van der Waals surface area contributed by atoms with Gasteiger partial charge in [-0.25, -0.2) is 9.78 Å². The highest BCUT2D eigenvalue weighted by atomic mass is 16.6. The van der Waals surface area contributed by atoms with E-state index in [1.807, 2.05) is 11.0 Å². The summed E-state index contributed by atoms with van der Waals surface area (Å²) in [6, 6.07) is 8.44. The van der Waals surface area contributed by atoms with Gasteiger partial charge < -0.3 is 9.64 Å². The van der Waals surface area contributed by atoms with Crippen molar-refractivity contribution in [3.63, 3.8) is 0 Å². The lowest BCUT2D eigenvalue weighted by Gasteiger charge is -2.29. The van der Waals surface area contributed by atoms with Crippen LogP contribution in [0.1, 0.15) is 28.4 Å². The van der Waals surface area contributed by atoms with Crippen LogP contribution in [0.3, 0.4) is 0 Å². The Morgan fingerprint density at radius 3 is 2.83 bits per heavy atom. The van der Waals surface area contributed by atoms with Crippen LogP contribution >= 0.6 is 0 Å². The van der Waals surface area contributed by atoms with E-state index in [9.17, 15) is 14.9 Å². The molecule has 7 nitrogen and oxygen atoms in total. The third kappa shape index (κ3) is 3.19. The largest absolute Gasteiger partial charge is 0.462 e. The van der Waals surface area contributed by atoms with Gasteiger partial charge in [0.1, 0.15) is 5.82 Å². The molecule has 1 aromatic carbocycles. The summed E-state index contributed by atoms with van der Waals surface area (Å²) in [4.78, 5) is 28.6. The van der Waals surface area contributed by atoms with Gasteiger partial charge in [0.25, 0.3) is 5.69 Å². The van der Waals surface area contributed by atoms with Gasteiger partial charge in [0, 0.05) is 31.4 Å². The molecule has 0 saturated carbocycles. The molecule has 24 heavy (non-hydrogen) atoms. The second kappa shape index (κ2) is 6.66. The molecule has 124 valence electrons. The van der Waals surface area contributed by atoms with Gasteiger partial charge in [-0.2, -0.15) is 0 Å². The van der Waals surface area contributed by atoms with Crippen LogP contribution in [0, 0.1) is 10.1 Å². The van der Waals surface area contributed by atoms with Crippen LogP contribution in [0.15, 0.2) is 36.5 Å². The smallest absolute Gasteiger partial charge is 0.339 e. The number of anilines is 1. The summed E-state index contributed by atoms with van der Waals surface area (Å²) < 4.78 is 4.94. The quantitative estimate of drug-likeness (QED) is 0.487. The molecule has 7 heteroatoms. The van der Waals surface area contributed by atoms with E-state index >= 15 is 0 Å². The highest BCUT2D eigenvalue weighted by Gasteiger charge is 2.20. The number of hydrogen-bond donors (Lipinski definition) is 0. The number of non-ortho nitro benzene ring substituents is 1.